The normalized spacial score (nSPS) is 15.2. The molecule has 0 aliphatic heterocycles. The zero-order valence-corrected chi connectivity index (χ0v) is 45.9. The second-order valence-electron chi connectivity index (χ2n) is 24.9. The molecule has 4 aromatic rings. The lowest BCUT2D eigenvalue weighted by atomic mass is 9.65. The first-order valence-electron chi connectivity index (χ1n) is 26.1. The number of rotatable bonds is 16. The number of hydrogen-bond acceptors (Lipinski definition) is 4. The molecule has 6 rings (SSSR count). The minimum Gasteiger partial charge on any atom is -0.493 e. The minimum absolute atomic E-state index is 0.0285. The van der Waals surface area contributed by atoms with Gasteiger partial charge < -0.3 is 18.9 Å². The molecule has 0 atom stereocenters. The highest BCUT2D eigenvalue weighted by molar-refractivity contribution is 5.73. The van der Waals surface area contributed by atoms with Crippen LogP contribution in [-0.4, -0.2) is 51.1 Å². The molecule has 4 nitrogen and oxygen atoms in total. The Morgan fingerprint density at radius 3 is 0.816 bits per heavy atom. The Hall–Kier alpha value is -4.76. The van der Waals surface area contributed by atoms with Gasteiger partial charge in [0.15, 0.2) is 0 Å². The zero-order valence-electron chi connectivity index (χ0n) is 45.9. The van der Waals surface area contributed by atoms with E-state index in [1.807, 2.05) is 132 Å². The van der Waals surface area contributed by atoms with E-state index in [4.69, 9.17) is 18.9 Å². The van der Waals surface area contributed by atoms with E-state index in [2.05, 4.69) is 0 Å². The Morgan fingerprint density at radius 1 is 0.329 bits per heavy atom. The van der Waals surface area contributed by atoms with Gasteiger partial charge in [-0.15, -0.1) is 0 Å². The predicted molar refractivity (Wildman–Crippen MR) is 273 cm³/mol. The van der Waals surface area contributed by atoms with Crippen LogP contribution in [-0.2, 0) is 46.3 Å². The number of alkyl halides is 12. The largest absolute Gasteiger partial charge is 0.493 e. The molecule has 0 heterocycles. The zero-order chi connectivity index (χ0) is 56.8. The van der Waals surface area contributed by atoms with Gasteiger partial charge >= 0.3 is 24.7 Å². The fraction of sp³-hybridized carbons (Fsp3) is 0.600. The molecule has 0 saturated carbocycles. The average Bonchev–Trinajstić information content (AvgIpc) is 3.41. The molecule has 0 N–H and O–H groups in total. The molecule has 0 saturated heterocycles. The van der Waals surface area contributed by atoms with Gasteiger partial charge in [-0.3, -0.25) is 0 Å². The molecular weight excluding hydrogens is 1010 g/mol. The Balaban J connectivity index is 1.86. The van der Waals surface area contributed by atoms with Crippen molar-refractivity contribution in [3.05, 3.63) is 115 Å². The Bertz CT molecular complexity index is 2570. The van der Waals surface area contributed by atoms with Gasteiger partial charge in [0.25, 0.3) is 0 Å². The second kappa shape index (κ2) is 21.8. The lowest BCUT2D eigenvalue weighted by Gasteiger charge is -2.39. The van der Waals surface area contributed by atoms with Gasteiger partial charge in [-0.2, -0.15) is 52.7 Å². The number of fused-ring (bicyclic) bond motifs is 11. The van der Waals surface area contributed by atoms with Gasteiger partial charge in [0.1, 0.15) is 23.0 Å². The summed E-state index contributed by atoms with van der Waals surface area (Å²) in [6.07, 6.45) is -24.1. The molecule has 422 valence electrons. The maximum atomic E-state index is 13.9. The first-order valence-corrected chi connectivity index (χ1v) is 26.1. The third kappa shape index (κ3) is 15.1. The molecule has 2 aliphatic carbocycles. The third-order valence-electron chi connectivity index (χ3n) is 14.2. The van der Waals surface area contributed by atoms with Crippen molar-refractivity contribution in [3.8, 4) is 23.0 Å². The predicted octanol–water partition coefficient (Wildman–Crippen LogP) is 18.1. The highest BCUT2D eigenvalue weighted by Gasteiger charge is 2.51. The monoisotopic (exact) mass is 1090 g/mol. The number of halogens is 12. The summed E-state index contributed by atoms with van der Waals surface area (Å²) in [7, 11) is 0. The van der Waals surface area contributed by atoms with Crippen LogP contribution in [0.15, 0.2) is 48.5 Å². The third-order valence-corrected chi connectivity index (χ3v) is 14.2. The van der Waals surface area contributed by atoms with Crippen LogP contribution >= 0.6 is 0 Å². The summed E-state index contributed by atoms with van der Waals surface area (Å²) in [5.74, 6) is 0.956. The average molecular weight is 1090 g/mol. The molecule has 0 unspecified atom stereocenters. The Labute approximate surface area is 440 Å². The van der Waals surface area contributed by atoms with Gasteiger partial charge in [-0.25, -0.2) is 0 Å². The van der Waals surface area contributed by atoms with Crippen molar-refractivity contribution in [2.24, 2.45) is 0 Å². The van der Waals surface area contributed by atoms with E-state index in [9.17, 15) is 52.7 Å². The summed E-state index contributed by atoms with van der Waals surface area (Å²) >= 11 is 0. The van der Waals surface area contributed by atoms with Crippen molar-refractivity contribution < 1.29 is 71.6 Å². The van der Waals surface area contributed by atoms with Crippen LogP contribution in [0.25, 0.3) is 0 Å². The van der Waals surface area contributed by atoms with E-state index in [-0.39, 0.29) is 62.6 Å². The first kappa shape index (κ1) is 60.5. The summed E-state index contributed by atoms with van der Waals surface area (Å²) in [6.45, 7) is 22.4. The molecule has 0 aromatic heterocycles. The van der Waals surface area contributed by atoms with Crippen LogP contribution < -0.4 is 18.9 Å². The van der Waals surface area contributed by atoms with Crippen LogP contribution in [0.3, 0.4) is 0 Å². The topological polar surface area (TPSA) is 36.9 Å². The summed E-state index contributed by atoms with van der Waals surface area (Å²) in [6, 6.07) is 15.5. The summed E-state index contributed by atoms with van der Waals surface area (Å²) in [5.41, 5.74) is 3.48. The highest BCUT2D eigenvalue weighted by Crippen LogP contribution is 2.60. The second-order valence-corrected chi connectivity index (χ2v) is 24.9. The molecule has 76 heavy (non-hydrogen) atoms. The smallest absolute Gasteiger partial charge is 0.389 e. The van der Waals surface area contributed by atoms with Crippen LogP contribution in [0.4, 0.5) is 52.7 Å². The van der Waals surface area contributed by atoms with E-state index in [1.165, 1.54) is 0 Å². The maximum Gasteiger partial charge on any atom is 0.389 e. The Kier molecular flexibility index (Phi) is 17.4. The van der Waals surface area contributed by atoms with Gasteiger partial charge in [0, 0.05) is 55.2 Å². The first-order chi connectivity index (χ1) is 34.7. The number of benzene rings is 4. The molecule has 2 aliphatic rings. The van der Waals surface area contributed by atoms with Crippen LogP contribution in [0.5, 0.6) is 23.0 Å². The summed E-state index contributed by atoms with van der Waals surface area (Å²) in [4.78, 5) is 0. The molecule has 4 aromatic carbocycles. The van der Waals surface area contributed by atoms with Crippen LogP contribution in [0.1, 0.15) is 201 Å². The standard InChI is InChI=1S/C60H74F12O4/c1-52(2,3)41-27-36-25-38-29-42(53(4,5)6)32-45(49(38)74-22-14-18-58(64,65)66)56(35-40-31-44(55(10,11)12)34-47(56)51(40)76-24-16-20-60(70,71)72)46-33-43(54(7,8)9)30-39(50(46)75-23-15-19-59(67,68)69)26-37(28-41)48(36)73-21-13-17-57(61,62)63/h27-34H,13-26,35H2,1-12H3. The van der Waals surface area contributed by atoms with Crippen LogP contribution in [0.2, 0.25) is 0 Å². The van der Waals surface area contributed by atoms with Crippen molar-refractivity contribution in [2.75, 3.05) is 26.4 Å². The molecular formula is C60H74F12O4. The lowest BCUT2D eigenvalue weighted by Crippen LogP contribution is -2.33. The maximum absolute atomic E-state index is 13.9. The fourth-order valence-corrected chi connectivity index (χ4v) is 10.1. The van der Waals surface area contributed by atoms with Crippen molar-refractivity contribution in [2.45, 2.75) is 205 Å². The van der Waals surface area contributed by atoms with Gasteiger partial charge in [-0.1, -0.05) is 132 Å². The van der Waals surface area contributed by atoms with Crippen molar-refractivity contribution >= 4 is 0 Å². The summed E-state index contributed by atoms with van der Waals surface area (Å²) < 4.78 is 192. The van der Waals surface area contributed by atoms with Gasteiger partial charge in [-0.05, 0) is 104 Å². The van der Waals surface area contributed by atoms with E-state index < -0.39 is 104 Å². The molecule has 1 spiro atoms. The van der Waals surface area contributed by atoms with E-state index in [0.29, 0.717) is 50.3 Å². The van der Waals surface area contributed by atoms with E-state index in [1.54, 1.807) is 0 Å². The van der Waals surface area contributed by atoms with Crippen molar-refractivity contribution in [1.82, 2.24) is 0 Å². The lowest BCUT2D eigenvalue weighted by molar-refractivity contribution is -0.137. The number of hydrogen-bond donors (Lipinski definition) is 0. The Morgan fingerprint density at radius 2 is 0.553 bits per heavy atom. The molecule has 16 heteroatoms. The molecule has 0 amide bonds. The van der Waals surface area contributed by atoms with E-state index in [0.717, 1.165) is 22.3 Å². The fourth-order valence-electron chi connectivity index (χ4n) is 10.1. The molecule has 0 radical (unpaired) electrons. The SMILES string of the molecule is CC(C)(C)c1cc2c(OCCCC(F)(F)F)c(c1)Cc1cc(C(C)(C)C)cc(c1OCCCC(F)(F)F)C1(Cc3cc(C(C)(C)C)cc1c3OCCCC(F)(F)F)c1cc(C(C)(C)C)cc(c1OCCCC(F)(F)F)C2. The van der Waals surface area contributed by atoms with Crippen molar-refractivity contribution in [3.63, 3.8) is 0 Å². The van der Waals surface area contributed by atoms with E-state index >= 15 is 0 Å². The van der Waals surface area contributed by atoms with Gasteiger partial charge in [0.05, 0.1) is 31.8 Å². The highest BCUT2D eigenvalue weighted by atomic mass is 19.4. The van der Waals surface area contributed by atoms with Gasteiger partial charge in [0.2, 0.25) is 0 Å². The minimum atomic E-state index is -4.53. The summed E-state index contributed by atoms with van der Waals surface area (Å²) in [5, 5.41) is 0. The quantitative estimate of drug-likeness (QED) is 0.0828. The van der Waals surface area contributed by atoms with Crippen molar-refractivity contribution in [1.29, 1.82) is 0 Å². The van der Waals surface area contributed by atoms with Crippen LogP contribution in [0, 0.1) is 0 Å². The molecule has 8 bridgehead atoms. The number of ether oxygens (including phenoxy) is 4. The molecule has 0 fully saturated rings.